The Labute approximate surface area is 372 Å². The maximum atomic E-state index is 15.6. The van der Waals surface area contributed by atoms with Crippen LogP contribution < -0.4 is 5.32 Å². The van der Waals surface area contributed by atoms with Crippen LogP contribution in [0.2, 0.25) is 0 Å². The number of hydrogen-bond donors (Lipinski definition) is 4. The second-order valence-corrected chi connectivity index (χ2v) is 18.0. The third-order valence-electron chi connectivity index (χ3n) is 14.0. The lowest BCUT2D eigenvalue weighted by atomic mass is 9.42. The minimum atomic E-state index is -2.41. The Kier molecular flexibility index (Phi) is 12.9. The van der Waals surface area contributed by atoms with E-state index in [0.717, 1.165) is 13.8 Å². The average molecular weight is 884 g/mol. The number of nitrogens with one attached hydrogen (secondary N) is 1. The number of amides is 1. The summed E-state index contributed by atoms with van der Waals surface area (Å²) in [7, 11) is 0. The molecule has 4 N–H and O–H groups in total. The summed E-state index contributed by atoms with van der Waals surface area (Å²) in [6, 6.07) is 22.9. The molecule has 3 fully saturated rings. The van der Waals surface area contributed by atoms with Crippen molar-refractivity contribution in [3.8, 4) is 0 Å². The fourth-order valence-electron chi connectivity index (χ4n) is 10.5. The summed E-state index contributed by atoms with van der Waals surface area (Å²) >= 11 is 0. The summed E-state index contributed by atoms with van der Waals surface area (Å²) in [5.41, 5.74) is -8.63. The van der Waals surface area contributed by atoms with Gasteiger partial charge >= 0.3 is 23.9 Å². The number of esters is 4. The highest BCUT2D eigenvalue weighted by Gasteiger charge is 2.81. The lowest BCUT2D eigenvalue weighted by Gasteiger charge is -2.70. The van der Waals surface area contributed by atoms with Crippen LogP contribution in [0.4, 0.5) is 0 Å². The Bertz CT molecular complexity index is 2330. The average Bonchev–Trinajstić information content (AvgIpc) is 3.25. The van der Waals surface area contributed by atoms with Crippen molar-refractivity contribution >= 4 is 35.6 Å². The highest BCUT2D eigenvalue weighted by Crippen LogP contribution is 2.67. The first-order chi connectivity index (χ1) is 29.6. The van der Waals surface area contributed by atoms with Gasteiger partial charge in [-0.15, -0.1) is 0 Å². The second-order valence-electron chi connectivity index (χ2n) is 18.0. The SMILES string of the molecule is C.CC(=O)O[C@H]1C(=O)[C@]2(C)[C@@H](O)C[C@@]3(C)OC[C@@]3(OC(C)=O)[C@H]2[C@H](OC(=O)c2ccccc2)[C@]2(O)CC(OC(=O)[C@H](O)[C@@H](NC(=O)c3ccccc3)c3ccccc3)C(C)=C1C2(C)C. The zero-order valence-corrected chi connectivity index (χ0v) is 36.2. The molecule has 3 aliphatic carbocycles. The van der Waals surface area contributed by atoms with Crippen LogP contribution in [0.15, 0.2) is 102 Å². The molecule has 0 radical (unpaired) electrons. The molecule has 4 aliphatic rings. The number of rotatable bonds is 10. The van der Waals surface area contributed by atoms with E-state index in [-0.39, 0.29) is 42.7 Å². The minimum Gasteiger partial charge on any atom is -0.456 e. The Balaban J connectivity index is 0.00000680. The molecule has 7 rings (SSSR count). The predicted molar refractivity (Wildman–Crippen MR) is 229 cm³/mol. The molecule has 342 valence electrons. The molecule has 0 aromatic heterocycles. The van der Waals surface area contributed by atoms with Gasteiger partial charge in [-0.2, -0.15) is 0 Å². The Morgan fingerprint density at radius 1 is 0.797 bits per heavy atom. The van der Waals surface area contributed by atoms with Crippen molar-refractivity contribution in [3.63, 3.8) is 0 Å². The quantitative estimate of drug-likeness (QED) is 0.123. The molecular formula is C49H57NO14. The molecule has 1 heterocycles. The van der Waals surface area contributed by atoms with Gasteiger partial charge in [-0.25, -0.2) is 9.59 Å². The molecule has 64 heavy (non-hydrogen) atoms. The van der Waals surface area contributed by atoms with E-state index in [9.17, 15) is 39.3 Å². The fraction of sp³-hybridized carbons (Fsp3) is 0.469. The number of fused-ring (bicyclic) bond motifs is 5. The van der Waals surface area contributed by atoms with Crippen molar-refractivity contribution in [1.29, 1.82) is 0 Å². The van der Waals surface area contributed by atoms with Gasteiger partial charge in [0.1, 0.15) is 23.4 Å². The predicted octanol–water partition coefficient (Wildman–Crippen LogP) is 4.76. The van der Waals surface area contributed by atoms with Crippen molar-refractivity contribution in [3.05, 3.63) is 119 Å². The lowest BCUT2D eigenvalue weighted by molar-refractivity contribution is -0.383. The number of benzene rings is 3. The van der Waals surface area contributed by atoms with Crippen LogP contribution >= 0.6 is 0 Å². The first kappa shape index (κ1) is 47.7. The summed E-state index contributed by atoms with van der Waals surface area (Å²) in [6.07, 6.45) is -9.61. The molecule has 1 saturated heterocycles. The van der Waals surface area contributed by atoms with Gasteiger partial charge in [0, 0.05) is 37.7 Å². The fourth-order valence-corrected chi connectivity index (χ4v) is 10.5. The molecular weight excluding hydrogens is 827 g/mol. The van der Waals surface area contributed by atoms with Crippen LogP contribution in [-0.4, -0.2) is 105 Å². The number of aliphatic hydroxyl groups excluding tert-OH is 2. The largest absolute Gasteiger partial charge is 0.456 e. The molecule has 2 bridgehead atoms. The molecule has 11 atom stereocenters. The third-order valence-corrected chi connectivity index (χ3v) is 14.0. The van der Waals surface area contributed by atoms with Gasteiger partial charge in [-0.05, 0) is 61.7 Å². The zero-order valence-electron chi connectivity index (χ0n) is 36.2. The van der Waals surface area contributed by atoms with Gasteiger partial charge in [0.25, 0.3) is 5.91 Å². The number of ether oxygens (including phenoxy) is 5. The summed E-state index contributed by atoms with van der Waals surface area (Å²) in [6.45, 7) is 9.55. The molecule has 1 aliphatic heterocycles. The van der Waals surface area contributed by atoms with E-state index in [2.05, 4.69) is 5.32 Å². The van der Waals surface area contributed by atoms with Crippen LogP contribution in [0, 0.1) is 16.7 Å². The van der Waals surface area contributed by atoms with Gasteiger partial charge in [-0.1, -0.05) is 88.0 Å². The Hall–Kier alpha value is -5.74. The summed E-state index contributed by atoms with van der Waals surface area (Å²) in [4.78, 5) is 83.9. The van der Waals surface area contributed by atoms with Gasteiger partial charge in [0.05, 0.1) is 35.6 Å². The first-order valence-corrected chi connectivity index (χ1v) is 20.8. The first-order valence-electron chi connectivity index (χ1n) is 20.8. The van der Waals surface area contributed by atoms with E-state index < -0.39 is 112 Å². The lowest BCUT2D eigenvalue weighted by Crippen LogP contribution is -2.85. The smallest absolute Gasteiger partial charge is 0.338 e. The number of carbonyl (C=O) groups is 6. The van der Waals surface area contributed by atoms with Crippen molar-refractivity contribution in [2.75, 3.05) is 6.61 Å². The van der Waals surface area contributed by atoms with E-state index in [4.69, 9.17) is 23.7 Å². The number of carbonyl (C=O) groups excluding carboxylic acids is 6. The molecule has 15 nitrogen and oxygen atoms in total. The molecule has 1 amide bonds. The van der Waals surface area contributed by atoms with Crippen LogP contribution in [0.1, 0.15) is 101 Å². The van der Waals surface area contributed by atoms with Crippen LogP contribution in [0.5, 0.6) is 0 Å². The molecule has 3 aromatic rings. The number of aliphatic hydroxyl groups is 3. The van der Waals surface area contributed by atoms with E-state index in [0.29, 0.717) is 5.56 Å². The van der Waals surface area contributed by atoms with Crippen molar-refractivity contribution < 1.29 is 67.8 Å². The maximum absolute atomic E-state index is 15.6. The van der Waals surface area contributed by atoms with Crippen molar-refractivity contribution in [2.24, 2.45) is 16.7 Å². The highest BCUT2D eigenvalue weighted by molar-refractivity contribution is 5.96. The third kappa shape index (κ3) is 7.61. The summed E-state index contributed by atoms with van der Waals surface area (Å²) in [5, 5.41) is 40.5. The van der Waals surface area contributed by atoms with E-state index in [1.165, 1.54) is 26.0 Å². The molecule has 2 saturated carbocycles. The normalized spacial score (nSPS) is 32.2. The van der Waals surface area contributed by atoms with Crippen LogP contribution in [0.25, 0.3) is 0 Å². The second kappa shape index (κ2) is 17.3. The topological polar surface area (TPSA) is 221 Å². The van der Waals surface area contributed by atoms with Gasteiger partial charge in [-0.3, -0.25) is 19.2 Å². The number of Topliss-reactive ketones (excluding diaryl/α,β-unsaturated/α-hetero) is 1. The van der Waals surface area contributed by atoms with Crippen molar-refractivity contribution in [1.82, 2.24) is 5.32 Å². The number of ketones is 1. The van der Waals surface area contributed by atoms with Crippen LogP contribution in [-0.2, 0) is 42.9 Å². The minimum absolute atomic E-state index is 0. The van der Waals surface area contributed by atoms with Gasteiger partial charge in [0.15, 0.2) is 23.6 Å². The molecule has 3 aromatic carbocycles. The van der Waals surface area contributed by atoms with E-state index in [1.807, 2.05) is 0 Å². The monoisotopic (exact) mass is 883 g/mol. The van der Waals surface area contributed by atoms with Crippen molar-refractivity contribution in [2.45, 2.75) is 122 Å². The standard InChI is InChI=1S/C48H53NO14.CH4/c1-26-32(61-43(57)36(53)35(29-17-11-8-12-18-29)49-41(55)30-19-13-9-14-20-30)23-47(58)40(62-42(56)31-21-15-10-16-22-31)38-46(7,39(54)37(60-27(2)50)34(26)44(47,4)5)33(52)24-45(6)48(38,25-59-45)63-28(3)51;/h8-22,32-33,35-38,40,52-53,58H,23-25H2,1-7H3,(H,49,55);1H4/t32?,33-,35-,36+,37+,38-,40-,45+,46+,47+,48+;/m0./s1. The van der Waals surface area contributed by atoms with E-state index in [1.54, 1.807) is 99.6 Å². The van der Waals surface area contributed by atoms with Gasteiger partial charge in [0.2, 0.25) is 0 Å². The summed E-state index contributed by atoms with van der Waals surface area (Å²) < 4.78 is 30.7. The molecule has 0 spiro atoms. The highest BCUT2D eigenvalue weighted by atomic mass is 16.6. The van der Waals surface area contributed by atoms with Gasteiger partial charge < -0.3 is 44.3 Å². The Morgan fingerprint density at radius 2 is 1.36 bits per heavy atom. The number of hydrogen-bond acceptors (Lipinski definition) is 14. The molecule has 1 unspecified atom stereocenters. The maximum Gasteiger partial charge on any atom is 0.338 e. The van der Waals surface area contributed by atoms with E-state index >= 15 is 4.79 Å². The molecule has 15 heteroatoms. The summed E-state index contributed by atoms with van der Waals surface area (Å²) in [5.74, 6) is -6.90. The Morgan fingerprint density at radius 3 is 1.89 bits per heavy atom. The zero-order chi connectivity index (χ0) is 45.9. The van der Waals surface area contributed by atoms with Crippen LogP contribution in [0.3, 0.4) is 0 Å².